The SMILES string of the molecule is Cc1cc(C(C)(C)C2CCCC2)ccc1-c1ccc(C2CCC(F)(F)CC2)c[n+]1C. The molecule has 0 N–H and O–H groups in total. The summed E-state index contributed by atoms with van der Waals surface area (Å²) in [5, 5.41) is 0. The van der Waals surface area contributed by atoms with Crippen molar-refractivity contribution in [1.82, 2.24) is 0 Å². The van der Waals surface area contributed by atoms with Crippen LogP contribution in [0.25, 0.3) is 11.3 Å². The molecule has 2 aliphatic carbocycles. The fourth-order valence-electron chi connectivity index (χ4n) is 5.76. The third-order valence-electron chi connectivity index (χ3n) is 7.97. The van der Waals surface area contributed by atoms with Gasteiger partial charge >= 0.3 is 0 Å². The van der Waals surface area contributed by atoms with Gasteiger partial charge in [0.15, 0.2) is 6.20 Å². The molecule has 1 nitrogen and oxygen atoms in total. The van der Waals surface area contributed by atoms with Gasteiger partial charge in [-0.15, -0.1) is 0 Å². The fourth-order valence-corrected chi connectivity index (χ4v) is 5.76. The second-order valence-electron chi connectivity index (χ2n) is 10.3. The van der Waals surface area contributed by atoms with Crippen LogP contribution in [0, 0.1) is 12.8 Å². The van der Waals surface area contributed by atoms with Crippen LogP contribution in [-0.4, -0.2) is 5.92 Å². The number of hydrogen-bond acceptors (Lipinski definition) is 0. The second kappa shape index (κ2) is 8.05. The molecule has 0 saturated heterocycles. The maximum absolute atomic E-state index is 13.5. The van der Waals surface area contributed by atoms with E-state index in [1.807, 2.05) is 0 Å². The first-order valence-corrected chi connectivity index (χ1v) is 11.7. The van der Waals surface area contributed by atoms with E-state index in [-0.39, 0.29) is 24.2 Å². The van der Waals surface area contributed by atoms with E-state index in [1.54, 1.807) is 0 Å². The highest BCUT2D eigenvalue weighted by Gasteiger charge is 2.36. The molecule has 0 spiro atoms. The van der Waals surface area contributed by atoms with Crippen LogP contribution in [0.5, 0.6) is 0 Å². The molecular weight excluding hydrogens is 376 g/mol. The van der Waals surface area contributed by atoms with Crippen LogP contribution in [0.2, 0.25) is 0 Å². The molecule has 0 aliphatic heterocycles. The Kier molecular flexibility index (Phi) is 5.76. The van der Waals surface area contributed by atoms with Gasteiger partial charge in [-0.1, -0.05) is 38.8 Å². The lowest BCUT2D eigenvalue weighted by atomic mass is 9.72. The standard InChI is InChI=1S/C27H36F2N/c1-19-17-23(26(2,3)22-7-5-6-8-22)10-11-24(19)25-12-9-21(18-30(25)4)20-13-15-27(28,29)16-14-20/h9-12,17-18,20,22H,5-8,13-16H2,1-4H3/q+1. The first-order chi connectivity index (χ1) is 14.2. The predicted octanol–water partition coefficient (Wildman–Crippen LogP) is 7.25. The topological polar surface area (TPSA) is 3.88 Å². The summed E-state index contributed by atoms with van der Waals surface area (Å²) in [6.07, 6.45) is 8.76. The van der Waals surface area contributed by atoms with Gasteiger partial charge in [0, 0.05) is 30.0 Å². The Labute approximate surface area is 180 Å². The summed E-state index contributed by atoms with van der Waals surface area (Å²) >= 11 is 0. The highest BCUT2D eigenvalue weighted by Crippen LogP contribution is 2.43. The van der Waals surface area contributed by atoms with Gasteiger partial charge in [-0.3, -0.25) is 0 Å². The summed E-state index contributed by atoms with van der Waals surface area (Å²) in [5.41, 5.74) is 6.59. The summed E-state index contributed by atoms with van der Waals surface area (Å²) in [6.45, 7) is 7.01. The Hall–Kier alpha value is -1.77. The summed E-state index contributed by atoms with van der Waals surface area (Å²) in [4.78, 5) is 0. The van der Waals surface area contributed by atoms with Crippen molar-refractivity contribution in [2.45, 2.75) is 89.4 Å². The van der Waals surface area contributed by atoms with Crippen molar-refractivity contribution in [3.8, 4) is 11.3 Å². The summed E-state index contributed by atoms with van der Waals surface area (Å²) in [6, 6.07) is 11.3. The minimum Gasteiger partial charge on any atom is -0.207 e. The van der Waals surface area contributed by atoms with E-state index in [0.29, 0.717) is 12.8 Å². The lowest BCUT2D eigenvalue weighted by Gasteiger charge is -2.32. The van der Waals surface area contributed by atoms with Gasteiger partial charge in [-0.2, -0.15) is 0 Å². The highest BCUT2D eigenvalue weighted by atomic mass is 19.3. The average molecular weight is 413 g/mol. The fraction of sp³-hybridized carbons (Fsp3) is 0.593. The van der Waals surface area contributed by atoms with Gasteiger partial charge in [-0.25, -0.2) is 13.3 Å². The van der Waals surface area contributed by atoms with Gasteiger partial charge in [0.1, 0.15) is 7.05 Å². The predicted molar refractivity (Wildman–Crippen MR) is 119 cm³/mol. The minimum absolute atomic E-state index is 0.0144. The lowest BCUT2D eigenvalue weighted by molar-refractivity contribution is -0.660. The van der Waals surface area contributed by atoms with Crippen LogP contribution in [0.3, 0.4) is 0 Å². The van der Waals surface area contributed by atoms with E-state index >= 15 is 0 Å². The first kappa shape index (κ1) is 21.5. The Balaban J connectivity index is 1.57. The number of nitrogens with zero attached hydrogens (tertiary/aromatic N) is 1. The zero-order valence-corrected chi connectivity index (χ0v) is 19.0. The molecule has 30 heavy (non-hydrogen) atoms. The number of aromatic nitrogens is 1. The van der Waals surface area contributed by atoms with Gasteiger partial charge in [-0.05, 0) is 73.1 Å². The molecule has 2 aromatic rings. The molecule has 0 unspecified atom stereocenters. The van der Waals surface area contributed by atoms with Crippen molar-refractivity contribution in [3.63, 3.8) is 0 Å². The number of pyridine rings is 1. The van der Waals surface area contributed by atoms with Crippen molar-refractivity contribution in [2.75, 3.05) is 0 Å². The lowest BCUT2D eigenvalue weighted by Crippen LogP contribution is -2.33. The molecule has 1 aromatic carbocycles. The third-order valence-corrected chi connectivity index (χ3v) is 7.97. The van der Waals surface area contributed by atoms with Crippen molar-refractivity contribution < 1.29 is 13.3 Å². The summed E-state index contributed by atoms with van der Waals surface area (Å²) in [7, 11) is 2.08. The summed E-state index contributed by atoms with van der Waals surface area (Å²) in [5.74, 6) is -1.44. The molecule has 0 bridgehead atoms. The van der Waals surface area contributed by atoms with Crippen molar-refractivity contribution in [1.29, 1.82) is 0 Å². The van der Waals surface area contributed by atoms with Crippen LogP contribution in [0.4, 0.5) is 8.78 Å². The molecule has 0 amide bonds. The molecule has 2 saturated carbocycles. The van der Waals surface area contributed by atoms with Crippen LogP contribution >= 0.6 is 0 Å². The van der Waals surface area contributed by atoms with E-state index < -0.39 is 5.92 Å². The monoisotopic (exact) mass is 412 g/mol. The van der Waals surface area contributed by atoms with Gasteiger partial charge in [0.05, 0.1) is 0 Å². The Morgan fingerprint density at radius 2 is 1.63 bits per heavy atom. The molecule has 3 heteroatoms. The molecule has 1 aromatic heterocycles. The van der Waals surface area contributed by atoms with Crippen LogP contribution < -0.4 is 4.57 Å². The smallest absolute Gasteiger partial charge is 0.207 e. The Morgan fingerprint density at radius 1 is 0.967 bits per heavy atom. The van der Waals surface area contributed by atoms with Crippen molar-refractivity contribution >= 4 is 0 Å². The van der Waals surface area contributed by atoms with E-state index in [1.165, 1.54) is 53.6 Å². The van der Waals surface area contributed by atoms with Gasteiger partial charge < -0.3 is 0 Å². The largest absolute Gasteiger partial charge is 0.248 e. The maximum atomic E-state index is 13.5. The molecule has 4 rings (SSSR count). The third kappa shape index (κ3) is 4.18. The molecule has 162 valence electrons. The number of halogens is 2. The minimum atomic E-state index is -2.47. The van der Waals surface area contributed by atoms with Crippen molar-refractivity contribution in [2.24, 2.45) is 13.0 Å². The van der Waals surface area contributed by atoms with E-state index in [4.69, 9.17) is 0 Å². The zero-order chi connectivity index (χ0) is 21.5. The van der Waals surface area contributed by atoms with Crippen LogP contribution in [0.1, 0.15) is 87.8 Å². The molecule has 2 aliphatic rings. The number of benzene rings is 1. The van der Waals surface area contributed by atoms with E-state index in [2.05, 4.69) is 68.9 Å². The number of hydrogen-bond donors (Lipinski definition) is 0. The molecular formula is C27H36F2N+. The normalized spacial score (nSPS) is 20.6. The number of aryl methyl sites for hydroxylation is 2. The van der Waals surface area contributed by atoms with E-state index in [0.717, 1.165) is 5.92 Å². The van der Waals surface area contributed by atoms with Crippen molar-refractivity contribution in [3.05, 3.63) is 53.2 Å². The zero-order valence-electron chi connectivity index (χ0n) is 19.0. The highest BCUT2D eigenvalue weighted by molar-refractivity contribution is 5.62. The average Bonchev–Trinajstić information content (AvgIpc) is 3.24. The van der Waals surface area contributed by atoms with Gasteiger partial charge in [0.25, 0.3) is 0 Å². The molecule has 1 heterocycles. The first-order valence-electron chi connectivity index (χ1n) is 11.7. The second-order valence-corrected chi connectivity index (χ2v) is 10.3. The maximum Gasteiger partial charge on any atom is 0.248 e. The van der Waals surface area contributed by atoms with Gasteiger partial charge in [0.2, 0.25) is 11.6 Å². The quantitative estimate of drug-likeness (QED) is 0.466. The molecule has 0 atom stereocenters. The van der Waals surface area contributed by atoms with E-state index in [9.17, 15) is 8.78 Å². The Morgan fingerprint density at radius 3 is 2.23 bits per heavy atom. The van der Waals surface area contributed by atoms with Crippen LogP contribution in [0.15, 0.2) is 36.5 Å². The molecule has 0 radical (unpaired) electrons. The summed E-state index contributed by atoms with van der Waals surface area (Å²) < 4.78 is 29.2. The number of alkyl halides is 2. The molecule has 2 fully saturated rings. The Bertz CT molecular complexity index is 899. The van der Waals surface area contributed by atoms with Crippen LogP contribution in [-0.2, 0) is 12.5 Å². The number of rotatable bonds is 4.